The minimum absolute atomic E-state index is 0.514. The van der Waals surface area contributed by atoms with E-state index in [-0.39, 0.29) is 0 Å². The highest BCUT2D eigenvalue weighted by molar-refractivity contribution is 5.36. The molecule has 1 fully saturated rings. The second-order valence-electron chi connectivity index (χ2n) is 4.86. The van der Waals surface area contributed by atoms with Gasteiger partial charge in [-0.1, -0.05) is 18.2 Å². The van der Waals surface area contributed by atoms with Crippen molar-refractivity contribution < 1.29 is 17.9 Å². The highest BCUT2D eigenvalue weighted by atomic mass is 19.4. The van der Waals surface area contributed by atoms with E-state index in [2.05, 4.69) is 5.32 Å². The van der Waals surface area contributed by atoms with Gasteiger partial charge in [0.05, 0.1) is 13.5 Å². The number of alkyl halides is 3. The molecule has 2 rings (SSSR count). The summed E-state index contributed by atoms with van der Waals surface area (Å²) >= 11 is 0. The Kier molecular flexibility index (Phi) is 4.88. The molecule has 1 aliphatic rings. The molecule has 20 heavy (non-hydrogen) atoms. The third-order valence-corrected chi connectivity index (χ3v) is 3.52. The molecule has 112 valence electrons. The molecule has 1 heterocycles. The predicted octanol–water partition coefficient (Wildman–Crippen LogP) is 2.59. The zero-order valence-electron chi connectivity index (χ0n) is 11.4. The van der Waals surface area contributed by atoms with Crippen molar-refractivity contribution in [1.82, 2.24) is 10.2 Å². The molecule has 1 saturated heterocycles. The van der Waals surface area contributed by atoms with Crippen LogP contribution in [0.1, 0.15) is 18.0 Å². The highest BCUT2D eigenvalue weighted by Crippen LogP contribution is 2.37. The number of piperazine rings is 1. The van der Waals surface area contributed by atoms with E-state index in [4.69, 9.17) is 4.74 Å². The van der Waals surface area contributed by atoms with Gasteiger partial charge in [-0.05, 0) is 6.07 Å². The molecule has 0 spiro atoms. The zero-order chi connectivity index (χ0) is 14.6. The van der Waals surface area contributed by atoms with Crippen LogP contribution in [0.15, 0.2) is 24.3 Å². The predicted molar refractivity (Wildman–Crippen MR) is 70.8 cm³/mol. The van der Waals surface area contributed by atoms with Crippen molar-refractivity contribution in [3.8, 4) is 5.75 Å². The molecule has 1 aromatic rings. The number of halogens is 3. The van der Waals surface area contributed by atoms with E-state index in [1.54, 1.807) is 24.3 Å². The number of rotatable bonds is 4. The molecule has 0 radical (unpaired) electrons. The number of nitrogens with zero attached hydrogens (tertiary/aromatic N) is 1. The van der Waals surface area contributed by atoms with Crippen LogP contribution < -0.4 is 10.1 Å². The van der Waals surface area contributed by atoms with Crippen molar-refractivity contribution in [2.45, 2.75) is 18.6 Å². The van der Waals surface area contributed by atoms with Gasteiger partial charge in [-0.2, -0.15) is 13.2 Å². The van der Waals surface area contributed by atoms with Crippen LogP contribution in [0.3, 0.4) is 0 Å². The summed E-state index contributed by atoms with van der Waals surface area (Å²) in [5.41, 5.74) is 0.606. The Balaban J connectivity index is 2.29. The lowest BCUT2D eigenvalue weighted by atomic mass is 9.99. The van der Waals surface area contributed by atoms with Gasteiger partial charge in [0.1, 0.15) is 5.75 Å². The van der Waals surface area contributed by atoms with Crippen LogP contribution >= 0.6 is 0 Å². The lowest BCUT2D eigenvalue weighted by molar-refractivity contribution is -0.148. The van der Waals surface area contributed by atoms with Gasteiger partial charge in [-0.25, -0.2) is 0 Å². The number of hydrogen-bond acceptors (Lipinski definition) is 3. The average Bonchev–Trinajstić information content (AvgIpc) is 2.45. The number of ether oxygens (including phenoxy) is 1. The maximum absolute atomic E-state index is 12.9. The van der Waals surface area contributed by atoms with E-state index in [1.807, 2.05) is 4.90 Å². The molecule has 6 heteroatoms. The molecule has 0 saturated carbocycles. The molecule has 0 bridgehead atoms. The van der Waals surface area contributed by atoms with Crippen LogP contribution in [0.4, 0.5) is 13.2 Å². The molecule has 0 aliphatic carbocycles. The molecule has 1 atom stereocenters. The first-order valence-electron chi connectivity index (χ1n) is 6.65. The molecule has 1 aliphatic heterocycles. The Bertz CT molecular complexity index is 431. The standard InChI is InChI=1S/C14H19F3N2O/c1-20-13-5-3-2-4-11(13)12(10-14(15,16)17)19-8-6-18-7-9-19/h2-5,12,18H,6-10H2,1H3/t12-/m1/s1. The third-order valence-electron chi connectivity index (χ3n) is 3.52. The Hall–Kier alpha value is -1.27. The van der Waals surface area contributed by atoms with Gasteiger partial charge < -0.3 is 10.1 Å². The first-order chi connectivity index (χ1) is 9.51. The number of hydrogen-bond donors (Lipinski definition) is 1. The summed E-state index contributed by atoms with van der Waals surface area (Å²) in [7, 11) is 1.49. The van der Waals surface area contributed by atoms with E-state index in [1.165, 1.54) is 7.11 Å². The summed E-state index contributed by atoms with van der Waals surface area (Å²) in [4.78, 5) is 1.88. The summed E-state index contributed by atoms with van der Waals surface area (Å²) in [5.74, 6) is 0.514. The summed E-state index contributed by atoms with van der Waals surface area (Å²) in [6.45, 7) is 2.64. The van der Waals surface area contributed by atoms with Crippen molar-refractivity contribution in [3.63, 3.8) is 0 Å². The van der Waals surface area contributed by atoms with Gasteiger partial charge in [0.2, 0.25) is 0 Å². The van der Waals surface area contributed by atoms with Crippen molar-refractivity contribution in [3.05, 3.63) is 29.8 Å². The fourth-order valence-electron chi connectivity index (χ4n) is 2.59. The molecular formula is C14H19F3N2O. The largest absolute Gasteiger partial charge is 0.496 e. The van der Waals surface area contributed by atoms with E-state index in [0.29, 0.717) is 37.5 Å². The van der Waals surface area contributed by atoms with Gasteiger partial charge in [0, 0.05) is 37.8 Å². The topological polar surface area (TPSA) is 24.5 Å². The Morgan fingerprint density at radius 3 is 2.50 bits per heavy atom. The Morgan fingerprint density at radius 2 is 1.90 bits per heavy atom. The quantitative estimate of drug-likeness (QED) is 0.921. The first kappa shape index (κ1) is 15.1. The van der Waals surface area contributed by atoms with Crippen LogP contribution in [0.5, 0.6) is 5.75 Å². The minimum Gasteiger partial charge on any atom is -0.496 e. The second-order valence-corrected chi connectivity index (χ2v) is 4.86. The van der Waals surface area contributed by atoms with E-state index >= 15 is 0 Å². The first-order valence-corrected chi connectivity index (χ1v) is 6.65. The van der Waals surface area contributed by atoms with Gasteiger partial charge in [0.15, 0.2) is 0 Å². The summed E-state index contributed by atoms with van der Waals surface area (Å²) in [6.07, 6.45) is -5.05. The lowest BCUT2D eigenvalue weighted by Gasteiger charge is -2.36. The number of nitrogens with one attached hydrogen (secondary N) is 1. The SMILES string of the molecule is COc1ccccc1[C@@H](CC(F)(F)F)N1CCNCC1. The third kappa shape index (κ3) is 3.86. The Morgan fingerprint density at radius 1 is 1.25 bits per heavy atom. The Labute approximate surface area is 116 Å². The van der Waals surface area contributed by atoms with E-state index in [9.17, 15) is 13.2 Å². The van der Waals surface area contributed by atoms with Crippen molar-refractivity contribution >= 4 is 0 Å². The highest BCUT2D eigenvalue weighted by Gasteiger charge is 2.37. The lowest BCUT2D eigenvalue weighted by Crippen LogP contribution is -2.46. The molecule has 1 N–H and O–H groups in total. The molecular weight excluding hydrogens is 269 g/mol. The summed E-state index contributed by atoms with van der Waals surface area (Å²) in [6, 6.07) is 6.26. The summed E-state index contributed by atoms with van der Waals surface area (Å²) in [5, 5.41) is 3.16. The fraction of sp³-hybridized carbons (Fsp3) is 0.571. The molecule has 1 aromatic carbocycles. The smallest absolute Gasteiger partial charge is 0.390 e. The zero-order valence-corrected chi connectivity index (χ0v) is 11.4. The van der Waals surface area contributed by atoms with Gasteiger partial charge >= 0.3 is 6.18 Å². The maximum Gasteiger partial charge on any atom is 0.390 e. The molecule has 0 amide bonds. The van der Waals surface area contributed by atoms with E-state index in [0.717, 1.165) is 0 Å². The minimum atomic E-state index is -4.20. The van der Waals surface area contributed by atoms with Crippen LogP contribution in [0, 0.1) is 0 Å². The van der Waals surface area contributed by atoms with Crippen LogP contribution in [-0.2, 0) is 0 Å². The van der Waals surface area contributed by atoms with Crippen molar-refractivity contribution in [2.75, 3.05) is 33.3 Å². The number of benzene rings is 1. The van der Waals surface area contributed by atoms with Gasteiger partial charge in [0.25, 0.3) is 0 Å². The number of methoxy groups -OCH3 is 1. The van der Waals surface area contributed by atoms with Crippen LogP contribution in [0.2, 0.25) is 0 Å². The van der Waals surface area contributed by atoms with E-state index < -0.39 is 18.6 Å². The number of para-hydroxylation sites is 1. The second kappa shape index (κ2) is 6.45. The van der Waals surface area contributed by atoms with Crippen LogP contribution in [-0.4, -0.2) is 44.4 Å². The maximum atomic E-state index is 12.9. The average molecular weight is 288 g/mol. The van der Waals surface area contributed by atoms with Crippen molar-refractivity contribution in [1.29, 1.82) is 0 Å². The fourth-order valence-corrected chi connectivity index (χ4v) is 2.59. The summed E-state index contributed by atoms with van der Waals surface area (Å²) < 4.78 is 43.9. The normalized spacial score (nSPS) is 18.8. The molecule has 3 nitrogen and oxygen atoms in total. The van der Waals surface area contributed by atoms with Gasteiger partial charge in [-0.3, -0.25) is 4.90 Å². The monoisotopic (exact) mass is 288 g/mol. The molecule has 0 unspecified atom stereocenters. The molecule has 0 aromatic heterocycles. The van der Waals surface area contributed by atoms with Gasteiger partial charge in [-0.15, -0.1) is 0 Å². The van der Waals surface area contributed by atoms with Crippen molar-refractivity contribution in [2.24, 2.45) is 0 Å². The van der Waals surface area contributed by atoms with Crippen LogP contribution in [0.25, 0.3) is 0 Å².